The number of nitrogens with one attached hydrogen (secondary N) is 1. The summed E-state index contributed by atoms with van der Waals surface area (Å²) in [6.45, 7) is 4.18. The van der Waals surface area contributed by atoms with Gasteiger partial charge >= 0.3 is 0 Å². The first-order valence-corrected chi connectivity index (χ1v) is 9.72. The number of rotatable bonds is 6. The summed E-state index contributed by atoms with van der Waals surface area (Å²) < 4.78 is 16.0. The smallest absolute Gasteiger partial charge is 0.255 e. The number of nitrogens with two attached hydrogens (primary N) is 1. The zero-order valence-corrected chi connectivity index (χ0v) is 17.5. The maximum absolute atomic E-state index is 13.0. The molecule has 0 aromatic heterocycles. The van der Waals surface area contributed by atoms with Gasteiger partial charge in [0.1, 0.15) is 0 Å². The quantitative estimate of drug-likeness (QED) is 0.719. The van der Waals surface area contributed by atoms with Gasteiger partial charge in [0.2, 0.25) is 5.75 Å². The van der Waals surface area contributed by atoms with Gasteiger partial charge < -0.3 is 30.2 Å². The van der Waals surface area contributed by atoms with Gasteiger partial charge in [-0.2, -0.15) is 0 Å². The van der Waals surface area contributed by atoms with Gasteiger partial charge in [0.05, 0.1) is 32.7 Å². The fraction of sp³-hybridized carbons (Fsp3) is 0.409. The number of anilines is 3. The molecule has 29 heavy (non-hydrogen) atoms. The largest absolute Gasteiger partial charge is 0.493 e. The topological polar surface area (TPSA) is 86.0 Å². The van der Waals surface area contributed by atoms with Gasteiger partial charge in [-0.15, -0.1) is 0 Å². The van der Waals surface area contributed by atoms with Crippen molar-refractivity contribution in [2.75, 3.05) is 50.4 Å². The predicted molar refractivity (Wildman–Crippen MR) is 116 cm³/mol. The molecule has 0 saturated carbocycles. The molecule has 0 spiro atoms. The minimum absolute atomic E-state index is 0.276. The van der Waals surface area contributed by atoms with E-state index >= 15 is 0 Å². The number of nitrogen functional groups attached to an aromatic ring is 1. The lowest BCUT2D eigenvalue weighted by Crippen LogP contribution is -2.33. The van der Waals surface area contributed by atoms with E-state index in [2.05, 4.69) is 17.1 Å². The average molecular weight is 399 g/mol. The van der Waals surface area contributed by atoms with Crippen LogP contribution in [0.1, 0.15) is 30.1 Å². The number of amides is 1. The van der Waals surface area contributed by atoms with Crippen molar-refractivity contribution < 1.29 is 19.0 Å². The summed E-state index contributed by atoms with van der Waals surface area (Å²) in [6, 6.07) is 8.89. The van der Waals surface area contributed by atoms with E-state index in [0.29, 0.717) is 34.2 Å². The molecular formula is C22H29N3O4. The third-order valence-electron chi connectivity index (χ3n) is 5.32. The van der Waals surface area contributed by atoms with E-state index < -0.39 is 0 Å². The molecule has 7 nitrogen and oxygen atoms in total. The summed E-state index contributed by atoms with van der Waals surface area (Å²) in [5, 5.41) is 3.00. The van der Waals surface area contributed by atoms with E-state index in [0.717, 1.165) is 37.5 Å². The number of nitrogens with zero attached hydrogens (tertiary/aromatic N) is 1. The Morgan fingerprint density at radius 2 is 1.66 bits per heavy atom. The second-order valence-corrected chi connectivity index (χ2v) is 7.31. The molecule has 1 amide bonds. The summed E-state index contributed by atoms with van der Waals surface area (Å²) in [4.78, 5) is 15.3. The highest BCUT2D eigenvalue weighted by Gasteiger charge is 2.21. The summed E-state index contributed by atoms with van der Waals surface area (Å²) in [6.07, 6.45) is 2.26. The minimum Gasteiger partial charge on any atom is -0.493 e. The average Bonchev–Trinajstić information content (AvgIpc) is 2.73. The van der Waals surface area contributed by atoms with Gasteiger partial charge in [-0.1, -0.05) is 6.92 Å². The van der Waals surface area contributed by atoms with Crippen LogP contribution in [0, 0.1) is 5.92 Å². The zero-order chi connectivity index (χ0) is 21.0. The van der Waals surface area contributed by atoms with Crippen molar-refractivity contribution >= 4 is 23.0 Å². The van der Waals surface area contributed by atoms with E-state index in [9.17, 15) is 4.79 Å². The molecule has 2 aromatic rings. The van der Waals surface area contributed by atoms with Crippen molar-refractivity contribution in [1.82, 2.24) is 0 Å². The first-order valence-electron chi connectivity index (χ1n) is 9.72. The van der Waals surface area contributed by atoms with Crippen LogP contribution in [0.25, 0.3) is 0 Å². The Labute approximate surface area is 171 Å². The number of ether oxygens (including phenoxy) is 3. The predicted octanol–water partition coefficient (Wildman–Crippen LogP) is 3.78. The van der Waals surface area contributed by atoms with Crippen molar-refractivity contribution in [2.24, 2.45) is 5.92 Å². The lowest BCUT2D eigenvalue weighted by molar-refractivity contribution is 0.102. The van der Waals surface area contributed by atoms with Gasteiger partial charge in [-0.05, 0) is 49.1 Å². The van der Waals surface area contributed by atoms with Gasteiger partial charge in [0.25, 0.3) is 5.91 Å². The van der Waals surface area contributed by atoms with Crippen molar-refractivity contribution in [1.29, 1.82) is 0 Å². The van der Waals surface area contributed by atoms with Crippen molar-refractivity contribution in [3.63, 3.8) is 0 Å². The first kappa shape index (κ1) is 20.6. The third-order valence-corrected chi connectivity index (χ3v) is 5.32. The Hall–Kier alpha value is -3.09. The number of carbonyl (C=O) groups is 1. The van der Waals surface area contributed by atoms with Gasteiger partial charge in [0, 0.05) is 24.3 Å². The maximum Gasteiger partial charge on any atom is 0.255 e. The molecule has 156 valence electrons. The van der Waals surface area contributed by atoms with Crippen LogP contribution in [-0.4, -0.2) is 40.3 Å². The summed E-state index contributed by atoms with van der Waals surface area (Å²) >= 11 is 0. The molecule has 2 aromatic carbocycles. The molecule has 1 aliphatic rings. The second kappa shape index (κ2) is 8.94. The van der Waals surface area contributed by atoms with Crippen LogP contribution >= 0.6 is 0 Å². The molecule has 0 atom stereocenters. The molecule has 1 fully saturated rings. The fourth-order valence-corrected chi connectivity index (χ4v) is 3.59. The molecule has 0 radical (unpaired) electrons. The van der Waals surface area contributed by atoms with E-state index in [1.165, 1.54) is 21.3 Å². The molecule has 1 saturated heterocycles. The standard InChI is InChI=1S/C22H29N3O4/c1-14-7-9-25(10-8-14)18-6-5-16(23)13-17(18)24-22(26)15-11-19(27-2)21(29-4)20(12-15)28-3/h5-6,11-14H,7-10,23H2,1-4H3,(H,24,26). The molecule has 7 heteroatoms. The monoisotopic (exact) mass is 399 g/mol. The molecule has 3 N–H and O–H groups in total. The summed E-state index contributed by atoms with van der Waals surface area (Å²) in [7, 11) is 4.57. The summed E-state index contributed by atoms with van der Waals surface area (Å²) in [5.74, 6) is 1.74. The van der Waals surface area contributed by atoms with E-state index in [1.807, 2.05) is 12.1 Å². The molecule has 1 aliphatic heterocycles. The van der Waals surface area contributed by atoms with Crippen molar-refractivity contribution in [2.45, 2.75) is 19.8 Å². The molecule has 0 bridgehead atoms. The highest BCUT2D eigenvalue weighted by atomic mass is 16.5. The Balaban J connectivity index is 1.90. The Kier molecular flexibility index (Phi) is 6.36. The van der Waals surface area contributed by atoms with Crippen LogP contribution in [0.3, 0.4) is 0 Å². The third kappa shape index (κ3) is 4.50. The maximum atomic E-state index is 13.0. The van der Waals surface area contributed by atoms with Crippen LogP contribution in [0.15, 0.2) is 30.3 Å². The number of hydrogen-bond acceptors (Lipinski definition) is 6. The number of piperidine rings is 1. The van der Waals surface area contributed by atoms with Gasteiger partial charge in [-0.3, -0.25) is 4.79 Å². The molecule has 0 unspecified atom stereocenters. The van der Waals surface area contributed by atoms with Crippen LogP contribution in [0.4, 0.5) is 17.1 Å². The lowest BCUT2D eigenvalue weighted by Gasteiger charge is -2.33. The fourth-order valence-electron chi connectivity index (χ4n) is 3.59. The van der Waals surface area contributed by atoms with E-state index in [4.69, 9.17) is 19.9 Å². The van der Waals surface area contributed by atoms with Crippen LogP contribution in [-0.2, 0) is 0 Å². The van der Waals surface area contributed by atoms with Crippen molar-refractivity contribution in [3.05, 3.63) is 35.9 Å². The van der Waals surface area contributed by atoms with E-state index in [-0.39, 0.29) is 5.91 Å². The Morgan fingerprint density at radius 1 is 1.03 bits per heavy atom. The SMILES string of the molecule is COc1cc(C(=O)Nc2cc(N)ccc2N2CCC(C)CC2)cc(OC)c1OC. The van der Waals surface area contributed by atoms with Crippen molar-refractivity contribution in [3.8, 4) is 17.2 Å². The van der Waals surface area contributed by atoms with E-state index in [1.54, 1.807) is 18.2 Å². The zero-order valence-electron chi connectivity index (χ0n) is 17.5. The lowest BCUT2D eigenvalue weighted by atomic mass is 9.98. The van der Waals surface area contributed by atoms with Gasteiger partial charge in [-0.25, -0.2) is 0 Å². The summed E-state index contributed by atoms with van der Waals surface area (Å²) in [5.41, 5.74) is 8.67. The molecule has 1 heterocycles. The Morgan fingerprint density at radius 3 is 2.21 bits per heavy atom. The number of hydrogen-bond donors (Lipinski definition) is 2. The van der Waals surface area contributed by atoms with Crippen LogP contribution < -0.4 is 30.2 Å². The Bertz CT molecular complexity index is 851. The molecule has 3 rings (SSSR count). The first-order chi connectivity index (χ1) is 14.0. The molecular weight excluding hydrogens is 370 g/mol. The normalized spacial score (nSPS) is 14.4. The van der Waals surface area contributed by atoms with Crippen LogP contribution in [0.2, 0.25) is 0 Å². The number of benzene rings is 2. The number of methoxy groups -OCH3 is 3. The number of carbonyl (C=O) groups excluding carboxylic acids is 1. The van der Waals surface area contributed by atoms with Gasteiger partial charge in [0.15, 0.2) is 11.5 Å². The highest BCUT2D eigenvalue weighted by molar-refractivity contribution is 6.07. The minimum atomic E-state index is -0.276. The highest BCUT2D eigenvalue weighted by Crippen LogP contribution is 2.39. The second-order valence-electron chi connectivity index (χ2n) is 7.31. The van der Waals surface area contributed by atoms with Crippen LogP contribution in [0.5, 0.6) is 17.2 Å². The molecule has 0 aliphatic carbocycles.